The lowest BCUT2D eigenvalue weighted by Crippen LogP contribution is -2.36. The molecule has 2 aromatic carbocycles. The molecule has 0 unspecified atom stereocenters. The van der Waals surface area contributed by atoms with E-state index in [1.807, 2.05) is 13.0 Å². The number of hydrogen-bond donors (Lipinski definition) is 0. The van der Waals surface area contributed by atoms with Crippen molar-refractivity contribution in [2.45, 2.75) is 11.8 Å². The molecule has 0 bridgehead atoms. The lowest BCUT2D eigenvalue weighted by Gasteiger charge is -2.28. The number of benzene rings is 2. The first-order valence-corrected chi connectivity index (χ1v) is 15.7. The van der Waals surface area contributed by atoms with Crippen molar-refractivity contribution in [3.05, 3.63) is 119 Å². The van der Waals surface area contributed by atoms with Gasteiger partial charge in [-0.15, -0.1) is 0 Å². The summed E-state index contributed by atoms with van der Waals surface area (Å²) in [5.74, 6) is -1.55. The number of pyridine rings is 2. The largest absolute Gasteiger partial charge is 0.382 e. The Morgan fingerprint density at radius 3 is 2.31 bits per heavy atom. The van der Waals surface area contributed by atoms with Crippen LogP contribution in [0.15, 0.2) is 95.1 Å². The molecule has 9 nitrogen and oxygen atoms in total. The number of nitrogens with zero attached hydrogens (tertiary/aromatic N) is 5. The van der Waals surface area contributed by atoms with Gasteiger partial charge in [-0.05, 0) is 48.9 Å². The van der Waals surface area contributed by atoms with E-state index < -0.39 is 27.2 Å². The van der Waals surface area contributed by atoms with Gasteiger partial charge in [-0.2, -0.15) is 0 Å². The minimum absolute atomic E-state index is 0.104. The van der Waals surface area contributed by atoms with Crippen molar-refractivity contribution in [2.75, 3.05) is 45.3 Å². The molecule has 0 amide bonds. The number of morpholine rings is 1. The monoisotopic (exact) mass is 631 g/mol. The number of halogens is 2. The molecule has 5 aromatic rings. The van der Waals surface area contributed by atoms with Gasteiger partial charge in [-0.3, -0.25) is 9.36 Å². The van der Waals surface area contributed by atoms with E-state index in [0.717, 1.165) is 33.4 Å². The Hall–Kier alpha value is -4.81. The summed E-state index contributed by atoms with van der Waals surface area (Å²) in [7, 11) is -0.578. The van der Waals surface area contributed by atoms with Crippen LogP contribution < -0.4 is 10.5 Å². The second-order valence-electron chi connectivity index (χ2n) is 11.1. The van der Waals surface area contributed by atoms with Crippen molar-refractivity contribution in [3.8, 4) is 11.1 Å². The van der Waals surface area contributed by atoms with E-state index in [2.05, 4.69) is 9.88 Å². The van der Waals surface area contributed by atoms with Gasteiger partial charge in [0.25, 0.3) is 15.6 Å². The van der Waals surface area contributed by atoms with E-state index in [1.54, 1.807) is 61.7 Å². The summed E-state index contributed by atoms with van der Waals surface area (Å²) in [6.07, 6.45) is 6.22. The molecule has 0 atom stereocenters. The second-order valence-corrected chi connectivity index (χ2v) is 12.9. The molecule has 0 N–H and O–H groups in total. The zero-order chi connectivity index (χ0) is 31.9. The van der Waals surface area contributed by atoms with E-state index in [4.69, 9.17) is 4.74 Å². The van der Waals surface area contributed by atoms with Crippen molar-refractivity contribution in [1.29, 1.82) is 0 Å². The zero-order valence-electron chi connectivity index (χ0n) is 24.9. The summed E-state index contributed by atoms with van der Waals surface area (Å²) in [5, 5.41) is 0.545. The van der Waals surface area contributed by atoms with Gasteiger partial charge in [0.15, 0.2) is 5.65 Å². The Morgan fingerprint density at radius 2 is 1.67 bits per heavy atom. The van der Waals surface area contributed by atoms with E-state index in [-0.39, 0.29) is 21.8 Å². The maximum Gasteiger partial charge on any atom is 0.269 e. The van der Waals surface area contributed by atoms with Gasteiger partial charge in [0.1, 0.15) is 11.6 Å². The highest BCUT2D eigenvalue weighted by molar-refractivity contribution is 7.90. The molecule has 232 valence electrons. The number of anilines is 1. The third-order valence-electron chi connectivity index (χ3n) is 7.58. The van der Waals surface area contributed by atoms with Gasteiger partial charge in [0.05, 0.1) is 35.7 Å². The lowest BCUT2D eigenvalue weighted by molar-refractivity contribution is 0.122. The Labute approximate surface area is 259 Å². The fourth-order valence-electron chi connectivity index (χ4n) is 5.37. The van der Waals surface area contributed by atoms with Crippen LogP contribution in [0.25, 0.3) is 27.9 Å². The van der Waals surface area contributed by atoms with E-state index in [1.165, 1.54) is 23.0 Å². The highest BCUT2D eigenvalue weighted by atomic mass is 32.2. The lowest BCUT2D eigenvalue weighted by atomic mass is 10.1. The normalized spacial score (nSPS) is 14.2. The topological polar surface area (TPSA) is 89.7 Å². The summed E-state index contributed by atoms with van der Waals surface area (Å²) in [4.78, 5) is 22.1. The number of ether oxygens (including phenoxy) is 1. The van der Waals surface area contributed by atoms with E-state index in [0.29, 0.717) is 42.8 Å². The molecule has 6 rings (SSSR count). The zero-order valence-corrected chi connectivity index (χ0v) is 25.8. The van der Waals surface area contributed by atoms with Crippen molar-refractivity contribution >= 4 is 32.4 Å². The quantitative estimate of drug-likeness (QED) is 0.252. The molecule has 4 heterocycles. The van der Waals surface area contributed by atoms with Crippen molar-refractivity contribution in [3.63, 3.8) is 0 Å². The van der Waals surface area contributed by atoms with Crippen LogP contribution in [0.2, 0.25) is 0 Å². The molecule has 1 saturated heterocycles. The Morgan fingerprint density at radius 1 is 0.978 bits per heavy atom. The highest BCUT2D eigenvalue weighted by Crippen LogP contribution is 2.34. The number of hydrogen-bond acceptors (Lipinski definition) is 7. The molecule has 1 fully saturated rings. The summed E-state index contributed by atoms with van der Waals surface area (Å²) in [5.41, 5.74) is 2.84. The van der Waals surface area contributed by atoms with Crippen molar-refractivity contribution < 1.29 is 21.9 Å². The summed E-state index contributed by atoms with van der Waals surface area (Å²) in [6, 6.07) is 14.5. The maximum absolute atomic E-state index is 14.1. The van der Waals surface area contributed by atoms with Crippen LogP contribution in [0.4, 0.5) is 14.5 Å². The number of aryl methyl sites for hydroxylation is 1. The second kappa shape index (κ2) is 11.9. The predicted octanol–water partition coefficient (Wildman–Crippen LogP) is 4.93. The Kier molecular flexibility index (Phi) is 8.02. The third-order valence-corrected chi connectivity index (χ3v) is 9.24. The number of aromatic nitrogens is 3. The van der Waals surface area contributed by atoms with Crippen LogP contribution in [-0.2, 0) is 14.8 Å². The summed E-state index contributed by atoms with van der Waals surface area (Å²) in [6.45, 7) is 4.31. The fraction of sp³-hybridized carbons (Fsp3) is 0.212. The van der Waals surface area contributed by atoms with Crippen LogP contribution in [-0.4, -0.2) is 67.2 Å². The molecule has 0 spiro atoms. The summed E-state index contributed by atoms with van der Waals surface area (Å²) < 4.78 is 64.0. The van der Waals surface area contributed by atoms with Crippen LogP contribution in [0.3, 0.4) is 0 Å². The third kappa shape index (κ3) is 5.98. The first-order valence-electron chi connectivity index (χ1n) is 14.3. The number of rotatable bonds is 7. The molecule has 0 radical (unpaired) electrons. The van der Waals surface area contributed by atoms with Crippen molar-refractivity contribution in [1.82, 2.24) is 18.4 Å². The Balaban J connectivity index is 1.52. The van der Waals surface area contributed by atoms with E-state index >= 15 is 0 Å². The average Bonchev–Trinajstić information content (AvgIpc) is 3.40. The average molecular weight is 632 g/mol. The smallest absolute Gasteiger partial charge is 0.269 e. The molecule has 1 aliphatic heterocycles. The molecule has 0 aliphatic carbocycles. The van der Waals surface area contributed by atoms with Crippen molar-refractivity contribution in [2.24, 2.45) is 0 Å². The molecule has 0 saturated carbocycles. The number of fused-ring (bicyclic) bond motifs is 1. The standard InChI is InChI=1S/C33H31F2N5O4S/c1-22-4-6-28(7-5-22)45(42,43)40-20-30(29-18-27(19-36-33(29)40)38-10-12-44-13-11-38)23-8-9-39(32(41)16-23)31(21-37(2)3)24-14-25(34)17-26(35)15-24/h4-9,14-21H,10-13H2,1-3H3/b31-21-. The first kappa shape index (κ1) is 30.2. The minimum Gasteiger partial charge on any atom is -0.382 e. The fourth-order valence-corrected chi connectivity index (χ4v) is 6.69. The molecular weight excluding hydrogens is 600 g/mol. The van der Waals surface area contributed by atoms with Gasteiger partial charge in [0.2, 0.25) is 0 Å². The SMILES string of the molecule is Cc1ccc(S(=O)(=O)n2cc(-c3ccn(/C(=C\N(C)C)c4cc(F)cc(F)c4)c(=O)c3)c3cc(N4CCOCC4)cnc32)cc1. The molecule has 1 aliphatic rings. The van der Waals surface area contributed by atoms with Gasteiger partial charge in [-0.25, -0.2) is 26.2 Å². The van der Waals surface area contributed by atoms with E-state index in [9.17, 15) is 22.0 Å². The van der Waals surface area contributed by atoms with Gasteiger partial charge in [-0.1, -0.05) is 17.7 Å². The molecule has 12 heteroatoms. The first-order chi connectivity index (χ1) is 21.5. The Bertz CT molecular complexity index is 2080. The van der Waals surface area contributed by atoms with Crippen LogP contribution >= 0.6 is 0 Å². The molecule has 3 aromatic heterocycles. The van der Waals surface area contributed by atoms with Crippen LogP contribution in [0.5, 0.6) is 0 Å². The van der Waals surface area contributed by atoms with Gasteiger partial charge in [0, 0.05) is 74.4 Å². The predicted molar refractivity (Wildman–Crippen MR) is 170 cm³/mol. The summed E-state index contributed by atoms with van der Waals surface area (Å²) >= 11 is 0. The molecular formula is C33H31F2N5O4S. The molecule has 45 heavy (non-hydrogen) atoms. The van der Waals surface area contributed by atoms with Gasteiger partial charge >= 0.3 is 0 Å². The van der Waals surface area contributed by atoms with Gasteiger partial charge < -0.3 is 14.5 Å². The van der Waals surface area contributed by atoms with Crippen LogP contribution in [0, 0.1) is 18.6 Å². The maximum atomic E-state index is 14.1. The van der Waals surface area contributed by atoms with Crippen LogP contribution in [0.1, 0.15) is 11.1 Å². The highest BCUT2D eigenvalue weighted by Gasteiger charge is 2.25. The minimum atomic E-state index is -4.05.